The number of rotatable bonds is 9. The van der Waals surface area contributed by atoms with Gasteiger partial charge in [-0.3, -0.25) is 14.9 Å². The molecule has 2 aromatic rings. The van der Waals surface area contributed by atoms with Gasteiger partial charge >= 0.3 is 12.0 Å². The molecule has 10 heteroatoms. The maximum atomic E-state index is 13.1. The molecule has 0 unspecified atom stereocenters. The van der Waals surface area contributed by atoms with Crippen LogP contribution in [-0.4, -0.2) is 42.1 Å². The van der Waals surface area contributed by atoms with Crippen molar-refractivity contribution in [1.29, 1.82) is 0 Å². The topological polar surface area (TPSA) is 122 Å². The van der Waals surface area contributed by atoms with Crippen molar-refractivity contribution in [1.82, 2.24) is 5.32 Å². The Bertz CT molecular complexity index is 1190. The van der Waals surface area contributed by atoms with Crippen LogP contribution in [0.2, 0.25) is 5.02 Å². The molecule has 0 aromatic heterocycles. The lowest BCUT2D eigenvalue weighted by atomic mass is 10.0. The number of hydrogen-bond acceptors (Lipinski definition) is 6. The maximum absolute atomic E-state index is 13.1. The van der Waals surface area contributed by atoms with Gasteiger partial charge in [-0.1, -0.05) is 17.7 Å². The fourth-order valence-corrected chi connectivity index (χ4v) is 3.41. The van der Waals surface area contributed by atoms with E-state index in [1.807, 2.05) is 0 Å². The number of imide groups is 2. The number of amides is 4. The molecule has 4 amide bonds. The first-order valence-corrected chi connectivity index (χ1v) is 10.5. The van der Waals surface area contributed by atoms with Crippen molar-refractivity contribution >= 4 is 47.2 Å². The molecule has 0 atom stereocenters. The Balaban J connectivity index is 2.06. The van der Waals surface area contributed by atoms with E-state index in [0.29, 0.717) is 22.6 Å². The summed E-state index contributed by atoms with van der Waals surface area (Å²) in [6, 6.07) is 8.26. The number of aliphatic carboxylic acids is 1. The normalized spacial score (nSPS) is 14.7. The van der Waals surface area contributed by atoms with Crippen molar-refractivity contribution in [2.24, 2.45) is 0 Å². The van der Waals surface area contributed by atoms with Gasteiger partial charge in [0.05, 0.1) is 12.3 Å². The van der Waals surface area contributed by atoms with Crippen molar-refractivity contribution in [2.45, 2.75) is 13.3 Å². The predicted octanol–water partition coefficient (Wildman–Crippen LogP) is 3.60. The SMILES string of the molecule is C=CCc1cc(/C=C2\C(=O)NC(=O)N(c3ccc(Cl)cc3)C2=O)cc(OCC)c1OCC(=O)O. The fraction of sp³-hybridized carbons (Fsp3) is 0.167. The smallest absolute Gasteiger partial charge is 0.341 e. The monoisotopic (exact) mass is 484 g/mol. The van der Waals surface area contributed by atoms with Crippen molar-refractivity contribution in [3.05, 3.63) is 70.8 Å². The molecule has 9 nitrogen and oxygen atoms in total. The van der Waals surface area contributed by atoms with Crippen molar-refractivity contribution < 1.29 is 33.8 Å². The first-order valence-electron chi connectivity index (χ1n) is 10.2. The molecule has 0 radical (unpaired) electrons. The number of allylic oxidation sites excluding steroid dienone is 1. The summed E-state index contributed by atoms with van der Waals surface area (Å²) in [7, 11) is 0. The third kappa shape index (κ3) is 5.44. The van der Waals surface area contributed by atoms with Crippen LogP contribution in [0.1, 0.15) is 18.1 Å². The number of nitrogens with one attached hydrogen (secondary N) is 1. The number of ether oxygens (including phenoxy) is 2. The molecule has 1 saturated heterocycles. The molecule has 2 N–H and O–H groups in total. The highest BCUT2D eigenvalue weighted by atomic mass is 35.5. The summed E-state index contributed by atoms with van der Waals surface area (Å²) >= 11 is 5.88. The number of carboxylic acids is 1. The lowest BCUT2D eigenvalue weighted by Crippen LogP contribution is -2.54. The molecule has 2 aromatic carbocycles. The third-order valence-corrected chi connectivity index (χ3v) is 4.91. The Kier molecular flexibility index (Phi) is 7.70. The van der Waals surface area contributed by atoms with Gasteiger partial charge in [-0.05, 0) is 61.4 Å². The highest BCUT2D eigenvalue weighted by Crippen LogP contribution is 2.35. The van der Waals surface area contributed by atoms with Crippen LogP contribution in [0, 0.1) is 0 Å². The molecule has 0 spiro atoms. The highest BCUT2D eigenvalue weighted by molar-refractivity contribution is 6.39. The van der Waals surface area contributed by atoms with E-state index < -0.39 is 30.4 Å². The summed E-state index contributed by atoms with van der Waals surface area (Å²) < 4.78 is 11.0. The molecule has 1 fully saturated rings. The zero-order valence-corrected chi connectivity index (χ0v) is 18.9. The molecular formula is C24H21ClN2O7. The van der Waals surface area contributed by atoms with E-state index in [-0.39, 0.29) is 29.4 Å². The predicted molar refractivity (Wildman–Crippen MR) is 125 cm³/mol. The Hall–Kier alpha value is -4.11. The molecule has 0 saturated carbocycles. The van der Waals surface area contributed by atoms with E-state index in [2.05, 4.69) is 11.9 Å². The number of hydrogen-bond donors (Lipinski definition) is 2. The minimum atomic E-state index is -1.16. The number of barbiturate groups is 1. The summed E-state index contributed by atoms with van der Waals surface area (Å²) in [6.45, 7) is 5.12. The van der Waals surface area contributed by atoms with E-state index in [0.717, 1.165) is 4.90 Å². The second-order valence-corrected chi connectivity index (χ2v) is 7.49. The summed E-state index contributed by atoms with van der Waals surface area (Å²) in [5, 5.41) is 11.6. The Labute approximate surface area is 200 Å². The lowest BCUT2D eigenvalue weighted by Gasteiger charge is -2.26. The van der Waals surface area contributed by atoms with Crippen LogP contribution in [-0.2, 0) is 20.8 Å². The zero-order chi connectivity index (χ0) is 24.8. The number of urea groups is 1. The molecule has 0 bridgehead atoms. The molecular weight excluding hydrogens is 464 g/mol. The van der Waals surface area contributed by atoms with Gasteiger partial charge in [-0.25, -0.2) is 14.5 Å². The minimum absolute atomic E-state index is 0.226. The summed E-state index contributed by atoms with van der Waals surface area (Å²) in [6.07, 6.45) is 3.22. The van der Waals surface area contributed by atoms with Crippen LogP contribution in [0.3, 0.4) is 0 Å². The van der Waals surface area contributed by atoms with Gasteiger partial charge in [0.15, 0.2) is 18.1 Å². The van der Waals surface area contributed by atoms with Gasteiger partial charge < -0.3 is 14.6 Å². The molecule has 176 valence electrons. The number of anilines is 1. The fourth-order valence-electron chi connectivity index (χ4n) is 3.28. The molecule has 1 heterocycles. The van der Waals surface area contributed by atoms with Crippen LogP contribution in [0.4, 0.5) is 10.5 Å². The number of nitrogens with zero attached hydrogens (tertiary/aromatic N) is 1. The highest BCUT2D eigenvalue weighted by Gasteiger charge is 2.36. The van der Waals surface area contributed by atoms with Gasteiger partial charge in [-0.2, -0.15) is 0 Å². The van der Waals surface area contributed by atoms with E-state index in [4.69, 9.17) is 26.2 Å². The van der Waals surface area contributed by atoms with Crippen molar-refractivity contribution in [3.63, 3.8) is 0 Å². The summed E-state index contributed by atoms with van der Waals surface area (Å²) in [4.78, 5) is 49.8. The van der Waals surface area contributed by atoms with Gasteiger partial charge in [0.1, 0.15) is 5.57 Å². The standard InChI is InChI=1S/C24H21ClN2O7/c1-3-5-15-10-14(12-19(33-4-2)21(15)34-13-20(28)29)11-18-22(30)26-24(32)27(23(18)31)17-8-6-16(25)7-9-17/h3,6-12H,1,4-5,13H2,2H3,(H,28,29)(H,26,30,32)/b18-11+. The average molecular weight is 485 g/mol. The van der Waals surface area contributed by atoms with Crippen molar-refractivity contribution in [3.8, 4) is 11.5 Å². The molecule has 1 aliphatic heterocycles. The van der Waals surface area contributed by atoms with E-state index in [9.17, 15) is 19.2 Å². The van der Waals surface area contributed by atoms with Crippen LogP contribution in [0.15, 0.2) is 54.6 Å². The Morgan fingerprint density at radius 3 is 2.50 bits per heavy atom. The zero-order valence-electron chi connectivity index (χ0n) is 18.2. The maximum Gasteiger partial charge on any atom is 0.341 e. The van der Waals surface area contributed by atoms with E-state index in [1.165, 1.54) is 36.4 Å². The lowest BCUT2D eigenvalue weighted by molar-refractivity contribution is -0.139. The van der Waals surface area contributed by atoms with Gasteiger partial charge in [-0.15, -0.1) is 6.58 Å². The third-order valence-electron chi connectivity index (χ3n) is 4.66. The first-order chi connectivity index (χ1) is 16.2. The van der Waals surface area contributed by atoms with Crippen LogP contribution in [0.25, 0.3) is 6.08 Å². The molecule has 34 heavy (non-hydrogen) atoms. The van der Waals surface area contributed by atoms with Crippen LogP contribution < -0.4 is 19.7 Å². The number of carboxylic acid groups (broad SMARTS) is 1. The number of carbonyl (C=O) groups excluding carboxylic acids is 3. The number of benzene rings is 2. The van der Waals surface area contributed by atoms with Crippen molar-refractivity contribution in [2.75, 3.05) is 18.1 Å². The summed E-state index contributed by atoms with van der Waals surface area (Å²) in [5.41, 5.74) is 0.918. The quantitative estimate of drug-likeness (QED) is 0.317. The average Bonchev–Trinajstić information content (AvgIpc) is 2.77. The second kappa shape index (κ2) is 10.7. The molecule has 3 rings (SSSR count). The van der Waals surface area contributed by atoms with E-state index >= 15 is 0 Å². The second-order valence-electron chi connectivity index (χ2n) is 7.05. The van der Waals surface area contributed by atoms with Crippen LogP contribution in [0.5, 0.6) is 11.5 Å². The van der Waals surface area contributed by atoms with E-state index in [1.54, 1.807) is 19.1 Å². The largest absolute Gasteiger partial charge is 0.490 e. The molecule has 1 aliphatic rings. The molecule has 0 aliphatic carbocycles. The first kappa shape index (κ1) is 24.5. The summed E-state index contributed by atoms with van der Waals surface area (Å²) in [5.74, 6) is -2.36. The van der Waals surface area contributed by atoms with Gasteiger partial charge in [0.25, 0.3) is 11.8 Å². The number of carbonyl (C=O) groups is 4. The Morgan fingerprint density at radius 2 is 1.88 bits per heavy atom. The van der Waals surface area contributed by atoms with Gasteiger partial charge in [0, 0.05) is 10.6 Å². The van der Waals surface area contributed by atoms with Gasteiger partial charge in [0.2, 0.25) is 0 Å². The Morgan fingerprint density at radius 1 is 1.18 bits per heavy atom. The number of halogens is 1. The van der Waals surface area contributed by atoms with Crippen LogP contribution >= 0.6 is 11.6 Å². The minimum Gasteiger partial charge on any atom is -0.490 e.